The summed E-state index contributed by atoms with van der Waals surface area (Å²) in [5.41, 5.74) is 6.17. The van der Waals surface area contributed by atoms with Gasteiger partial charge in [-0.2, -0.15) is 0 Å². The minimum absolute atomic E-state index is 0.0355. The summed E-state index contributed by atoms with van der Waals surface area (Å²) in [5, 5.41) is 15.0. The first-order valence-electron chi connectivity index (χ1n) is 16.0. The van der Waals surface area contributed by atoms with Gasteiger partial charge >= 0.3 is 5.97 Å². The maximum absolute atomic E-state index is 13.3. The molecule has 1 aliphatic rings. The van der Waals surface area contributed by atoms with Gasteiger partial charge in [-0.25, -0.2) is 4.79 Å². The van der Waals surface area contributed by atoms with Crippen LogP contribution >= 0.6 is 0 Å². The monoisotopic (exact) mass is 621 g/mol. The summed E-state index contributed by atoms with van der Waals surface area (Å²) in [6, 6.07) is 16.8. The molecule has 3 N–H and O–H groups in total. The molecule has 2 atom stereocenters. The van der Waals surface area contributed by atoms with Crippen LogP contribution in [0, 0.1) is 5.92 Å². The smallest absolute Gasteiger partial charge is 0.335 e. The zero-order chi connectivity index (χ0) is 32.9. The third-order valence-electron chi connectivity index (χ3n) is 8.23. The van der Waals surface area contributed by atoms with E-state index in [1.54, 1.807) is 48.8 Å². The van der Waals surface area contributed by atoms with E-state index in [9.17, 15) is 19.2 Å². The lowest BCUT2D eigenvalue weighted by Crippen LogP contribution is -2.43. The SMILES string of the molecule is CC1=CC(C)CC=C1CCCC(=O)Nc1ccc(CC(=O)NC(Cc2ccncc2)C(=O)CCCc2ccc(C(=O)O)cc2)cc1. The molecule has 2 aromatic carbocycles. The molecule has 240 valence electrons. The van der Waals surface area contributed by atoms with Gasteiger partial charge in [0.1, 0.15) is 0 Å². The number of allylic oxidation sites excluding steroid dienone is 4. The van der Waals surface area contributed by atoms with Gasteiger partial charge in [0.25, 0.3) is 0 Å². The van der Waals surface area contributed by atoms with E-state index < -0.39 is 12.0 Å². The molecular formula is C38H43N3O5. The number of amides is 2. The largest absolute Gasteiger partial charge is 0.478 e. The molecule has 8 nitrogen and oxygen atoms in total. The van der Waals surface area contributed by atoms with Crippen molar-refractivity contribution in [3.8, 4) is 0 Å². The van der Waals surface area contributed by atoms with Crippen molar-refractivity contribution in [1.29, 1.82) is 0 Å². The molecule has 0 radical (unpaired) electrons. The van der Waals surface area contributed by atoms with Crippen LogP contribution in [0.1, 0.15) is 79.4 Å². The summed E-state index contributed by atoms with van der Waals surface area (Å²) in [4.78, 5) is 53.9. The van der Waals surface area contributed by atoms with E-state index in [-0.39, 0.29) is 36.0 Å². The van der Waals surface area contributed by atoms with Gasteiger partial charge in [-0.1, -0.05) is 48.9 Å². The zero-order valence-electron chi connectivity index (χ0n) is 26.6. The Labute approximate surface area is 271 Å². The second-order valence-electron chi connectivity index (χ2n) is 12.1. The van der Waals surface area contributed by atoms with Crippen LogP contribution in [0.5, 0.6) is 0 Å². The van der Waals surface area contributed by atoms with Gasteiger partial charge in [0.15, 0.2) is 5.78 Å². The summed E-state index contributed by atoms with van der Waals surface area (Å²) in [5.74, 6) is -0.760. The maximum Gasteiger partial charge on any atom is 0.335 e. The molecule has 0 fully saturated rings. The Morgan fingerprint density at radius 2 is 1.52 bits per heavy atom. The summed E-state index contributed by atoms with van der Waals surface area (Å²) < 4.78 is 0. The van der Waals surface area contributed by atoms with Gasteiger partial charge in [-0.15, -0.1) is 0 Å². The lowest BCUT2D eigenvalue weighted by molar-refractivity contribution is -0.127. The number of benzene rings is 2. The van der Waals surface area contributed by atoms with Crippen molar-refractivity contribution < 1.29 is 24.3 Å². The number of nitrogens with zero attached hydrogens (tertiary/aromatic N) is 1. The standard InChI is InChI=1S/C38H43N3O5/c1-26-9-14-31(27(2)23-26)6-4-8-36(43)40-33-17-12-29(13-18-33)25-37(44)41-34(24-30-19-21-39-22-20-30)35(42)7-3-5-28-10-15-32(16-11-28)38(45)46/h10-23,26,34H,3-9,24-25H2,1-2H3,(H,40,43)(H,41,44)(H,45,46). The number of carboxylic acid groups (broad SMARTS) is 1. The van der Waals surface area contributed by atoms with Gasteiger partial charge in [-0.3, -0.25) is 19.4 Å². The predicted molar refractivity (Wildman–Crippen MR) is 179 cm³/mol. The molecule has 1 aliphatic carbocycles. The van der Waals surface area contributed by atoms with Crippen LogP contribution in [0.3, 0.4) is 0 Å². The lowest BCUT2D eigenvalue weighted by atomic mass is 9.90. The number of pyridine rings is 1. The first kappa shape index (κ1) is 34.0. The molecule has 0 aliphatic heterocycles. The summed E-state index contributed by atoms with van der Waals surface area (Å²) in [6.45, 7) is 4.35. The van der Waals surface area contributed by atoms with Crippen LogP contribution in [-0.4, -0.2) is 39.7 Å². The van der Waals surface area contributed by atoms with Crippen molar-refractivity contribution in [2.45, 2.75) is 77.7 Å². The van der Waals surface area contributed by atoms with Gasteiger partial charge in [0, 0.05) is 30.9 Å². The van der Waals surface area contributed by atoms with Crippen LogP contribution in [0.2, 0.25) is 0 Å². The third kappa shape index (κ3) is 10.9. The number of Topliss-reactive ketones (excluding diaryl/α,β-unsaturated/α-hetero) is 1. The summed E-state index contributed by atoms with van der Waals surface area (Å²) in [6.07, 6.45) is 13.0. The van der Waals surface area contributed by atoms with Crippen LogP contribution in [0.15, 0.2) is 96.4 Å². The Kier molecular flexibility index (Phi) is 12.6. The number of rotatable bonds is 16. The third-order valence-corrected chi connectivity index (χ3v) is 8.23. The molecule has 0 spiro atoms. The molecule has 46 heavy (non-hydrogen) atoms. The first-order valence-corrected chi connectivity index (χ1v) is 16.0. The quantitative estimate of drug-likeness (QED) is 0.164. The number of aryl methyl sites for hydroxylation is 1. The number of nitrogens with one attached hydrogen (secondary N) is 2. The first-order chi connectivity index (χ1) is 22.2. The maximum atomic E-state index is 13.3. The van der Waals surface area contributed by atoms with Crippen LogP contribution < -0.4 is 10.6 Å². The van der Waals surface area contributed by atoms with Crippen LogP contribution in [-0.2, 0) is 33.6 Å². The lowest BCUT2D eigenvalue weighted by Gasteiger charge is -2.18. The number of carbonyl (C=O) groups is 4. The normalized spacial score (nSPS) is 14.9. The highest BCUT2D eigenvalue weighted by Crippen LogP contribution is 2.26. The summed E-state index contributed by atoms with van der Waals surface area (Å²) >= 11 is 0. The van der Waals surface area contributed by atoms with E-state index >= 15 is 0 Å². The van der Waals surface area contributed by atoms with Crippen molar-refractivity contribution in [2.75, 3.05) is 5.32 Å². The highest BCUT2D eigenvalue weighted by atomic mass is 16.4. The minimum Gasteiger partial charge on any atom is -0.478 e. The van der Waals surface area contributed by atoms with Crippen LogP contribution in [0.25, 0.3) is 0 Å². The van der Waals surface area contributed by atoms with Gasteiger partial charge < -0.3 is 15.7 Å². The Morgan fingerprint density at radius 1 is 0.848 bits per heavy atom. The molecule has 2 amide bonds. The van der Waals surface area contributed by atoms with E-state index in [1.165, 1.54) is 11.1 Å². The van der Waals surface area contributed by atoms with E-state index in [2.05, 4.69) is 41.6 Å². The number of carbonyl (C=O) groups excluding carboxylic acids is 3. The van der Waals surface area contributed by atoms with E-state index in [4.69, 9.17) is 5.11 Å². The van der Waals surface area contributed by atoms with Crippen molar-refractivity contribution in [3.05, 3.63) is 119 Å². The van der Waals surface area contributed by atoms with Crippen molar-refractivity contribution in [2.24, 2.45) is 5.92 Å². The van der Waals surface area contributed by atoms with Gasteiger partial charge in [0.05, 0.1) is 18.0 Å². The Balaban J connectivity index is 1.25. The second kappa shape index (κ2) is 17.0. The fraction of sp³-hybridized carbons (Fsp3) is 0.342. The Bertz CT molecular complexity index is 1560. The summed E-state index contributed by atoms with van der Waals surface area (Å²) in [7, 11) is 0. The van der Waals surface area contributed by atoms with Crippen molar-refractivity contribution in [3.63, 3.8) is 0 Å². The Hall–Kier alpha value is -4.85. The number of hydrogen-bond donors (Lipinski definition) is 3. The average molecular weight is 622 g/mol. The number of aromatic nitrogens is 1. The second-order valence-corrected chi connectivity index (χ2v) is 12.1. The minimum atomic E-state index is -0.976. The van der Waals surface area contributed by atoms with Crippen LogP contribution in [0.4, 0.5) is 5.69 Å². The molecule has 4 rings (SSSR count). The predicted octanol–water partition coefficient (Wildman–Crippen LogP) is 6.66. The molecule has 2 unspecified atom stereocenters. The molecule has 1 heterocycles. The highest BCUT2D eigenvalue weighted by molar-refractivity contribution is 5.91. The molecular weight excluding hydrogens is 578 g/mol. The van der Waals surface area contributed by atoms with Gasteiger partial charge in [-0.05, 0) is 110 Å². The molecule has 0 bridgehead atoms. The van der Waals surface area contributed by atoms with E-state index in [1.807, 2.05) is 24.3 Å². The number of carboxylic acids is 1. The molecule has 0 saturated heterocycles. The molecule has 3 aromatic rings. The highest BCUT2D eigenvalue weighted by Gasteiger charge is 2.21. The molecule has 1 aromatic heterocycles. The number of anilines is 1. The van der Waals surface area contributed by atoms with Crippen molar-refractivity contribution in [1.82, 2.24) is 10.3 Å². The zero-order valence-corrected chi connectivity index (χ0v) is 26.6. The topological polar surface area (TPSA) is 125 Å². The Morgan fingerprint density at radius 3 is 2.20 bits per heavy atom. The molecule has 0 saturated carbocycles. The number of ketones is 1. The molecule has 8 heteroatoms. The van der Waals surface area contributed by atoms with E-state index in [0.29, 0.717) is 37.3 Å². The number of aromatic carboxylic acids is 1. The van der Waals surface area contributed by atoms with E-state index in [0.717, 1.165) is 36.0 Å². The average Bonchev–Trinajstić information content (AvgIpc) is 3.03. The van der Waals surface area contributed by atoms with Gasteiger partial charge in [0.2, 0.25) is 11.8 Å². The van der Waals surface area contributed by atoms with Crippen molar-refractivity contribution >= 4 is 29.3 Å². The fourth-order valence-corrected chi connectivity index (χ4v) is 5.64. The fourth-order valence-electron chi connectivity index (χ4n) is 5.64. The number of hydrogen-bond acceptors (Lipinski definition) is 5.